The first-order chi connectivity index (χ1) is 15.2. The van der Waals surface area contributed by atoms with Crippen LogP contribution in [0.5, 0.6) is 5.75 Å². The number of rotatable bonds is 7. The molecule has 0 aromatic heterocycles. The van der Waals surface area contributed by atoms with Gasteiger partial charge in [0.25, 0.3) is 0 Å². The summed E-state index contributed by atoms with van der Waals surface area (Å²) in [6.45, 7) is 3.74. The van der Waals surface area contributed by atoms with Crippen molar-refractivity contribution in [1.29, 1.82) is 0 Å². The number of fused-ring (bicyclic) bond motifs is 1. The Kier molecular flexibility index (Phi) is 7.20. The van der Waals surface area contributed by atoms with Crippen molar-refractivity contribution in [1.82, 2.24) is 9.80 Å². The van der Waals surface area contributed by atoms with Gasteiger partial charge in [-0.25, -0.2) is 0 Å². The van der Waals surface area contributed by atoms with Gasteiger partial charge in [0.1, 0.15) is 19.0 Å². The second kappa shape index (κ2) is 10.4. The molecular formula is C25H30N2O4. The lowest BCUT2D eigenvalue weighted by atomic mass is 10.0. The van der Waals surface area contributed by atoms with Crippen molar-refractivity contribution in [3.8, 4) is 5.75 Å². The largest absolute Gasteiger partial charge is 0.491 e. The highest BCUT2D eigenvalue weighted by atomic mass is 16.5. The molecule has 0 unspecified atom stereocenters. The molecule has 0 atom stereocenters. The van der Waals surface area contributed by atoms with Crippen LogP contribution in [0.4, 0.5) is 0 Å². The summed E-state index contributed by atoms with van der Waals surface area (Å²) in [5.74, 6) is 1.01. The lowest BCUT2D eigenvalue weighted by Gasteiger charge is -2.20. The molecule has 2 aromatic rings. The molecule has 0 N–H and O–H groups in total. The number of likely N-dealkylation sites (tertiary alicyclic amines) is 1. The van der Waals surface area contributed by atoms with Crippen LogP contribution in [0.3, 0.4) is 0 Å². The number of ether oxygens (including phenoxy) is 2. The molecule has 6 nitrogen and oxygen atoms in total. The normalized spacial score (nSPS) is 15.9. The van der Waals surface area contributed by atoms with E-state index in [1.165, 1.54) is 0 Å². The molecule has 6 heteroatoms. The maximum absolute atomic E-state index is 12.7. The molecule has 31 heavy (non-hydrogen) atoms. The van der Waals surface area contributed by atoms with Gasteiger partial charge in [0.2, 0.25) is 11.8 Å². The molecule has 2 aliphatic rings. The highest BCUT2D eigenvalue weighted by molar-refractivity contribution is 5.78. The monoisotopic (exact) mass is 422 g/mol. The molecule has 4 rings (SSSR count). The Bertz CT molecular complexity index is 894. The van der Waals surface area contributed by atoms with Crippen LogP contribution in [0.25, 0.3) is 0 Å². The van der Waals surface area contributed by atoms with E-state index in [2.05, 4.69) is 6.07 Å². The summed E-state index contributed by atoms with van der Waals surface area (Å²) >= 11 is 0. The smallest absolute Gasteiger partial charge is 0.249 e. The first kappa shape index (κ1) is 21.4. The molecule has 1 fully saturated rings. The van der Waals surface area contributed by atoms with Gasteiger partial charge in [0, 0.05) is 31.6 Å². The minimum absolute atomic E-state index is 0.0398. The summed E-state index contributed by atoms with van der Waals surface area (Å²) in [6, 6.07) is 15.9. The van der Waals surface area contributed by atoms with Gasteiger partial charge >= 0.3 is 0 Å². The van der Waals surface area contributed by atoms with Gasteiger partial charge < -0.3 is 19.3 Å². The van der Waals surface area contributed by atoms with E-state index in [1.807, 2.05) is 47.4 Å². The summed E-state index contributed by atoms with van der Waals surface area (Å²) in [5.41, 5.74) is 3.14. The minimum atomic E-state index is -0.0398. The quantitative estimate of drug-likeness (QED) is 0.688. The van der Waals surface area contributed by atoms with Crippen molar-refractivity contribution in [2.45, 2.75) is 38.8 Å². The molecule has 1 saturated heterocycles. The fourth-order valence-electron chi connectivity index (χ4n) is 4.11. The molecule has 0 spiro atoms. The Balaban J connectivity index is 1.31. The molecule has 2 aliphatic heterocycles. The van der Waals surface area contributed by atoms with Crippen LogP contribution < -0.4 is 4.74 Å². The van der Waals surface area contributed by atoms with Gasteiger partial charge in [-0.1, -0.05) is 42.5 Å². The van der Waals surface area contributed by atoms with Gasteiger partial charge in [0.15, 0.2) is 0 Å². The number of benzene rings is 2. The van der Waals surface area contributed by atoms with Crippen LogP contribution in [0.1, 0.15) is 36.0 Å². The lowest BCUT2D eigenvalue weighted by molar-refractivity contribution is -0.137. The van der Waals surface area contributed by atoms with E-state index < -0.39 is 0 Å². The molecule has 164 valence electrons. The van der Waals surface area contributed by atoms with Crippen molar-refractivity contribution in [3.05, 3.63) is 65.2 Å². The van der Waals surface area contributed by atoms with Crippen LogP contribution in [-0.2, 0) is 33.9 Å². The van der Waals surface area contributed by atoms with Crippen molar-refractivity contribution >= 4 is 11.8 Å². The fourth-order valence-corrected chi connectivity index (χ4v) is 4.11. The maximum Gasteiger partial charge on any atom is 0.249 e. The first-order valence-corrected chi connectivity index (χ1v) is 11.1. The van der Waals surface area contributed by atoms with Crippen LogP contribution in [0.2, 0.25) is 0 Å². The summed E-state index contributed by atoms with van der Waals surface area (Å²) in [6.07, 6.45) is 3.45. The van der Waals surface area contributed by atoms with Crippen molar-refractivity contribution < 1.29 is 19.1 Å². The lowest BCUT2D eigenvalue weighted by Crippen LogP contribution is -2.35. The summed E-state index contributed by atoms with van der Waals surface area (Å²) in [5, 5.41) is 0. The van der Waals surface area contributed by atoms with Crippen LogP contribution in [0.15, 0.2) is 48.5 Å². The van der Waals surface area contributed by atoms with Crippen molar-refractivity contribution in [2.24, 2.45) is 0 Å². The predicted octanol–water partition coefficient (Wildman–Crippen LogP) is 3.18. The third-order valence-electron chi connectivity index (χ3n) is 5.88. The summed E-state index contributed by atoms with van der Waals surface area (Å²) in [7, 11) is 0. The number of aryl methyl sites for hydroxylation is 1. The van der Waals surface area contributed by atoms with Gasteiger partial charge in [-0.05, 0) is 36.5 Å². The number of amides is 2. The van der Waals surface area contributed by atoms with Crippen LogP contribution >= 0.6 is 0 Å². The zero-order chi connectivity index (χ0) is 21.5. The standard InChI is InChI=1S/C25H30N2O4/c28-24(26-12-4-5-13-26)11-9-20-8-10-23-22(16-20)17-27(14-15-31-23)25(29)19-30-18-21-6-2-1-3-7-21/h1-3,6-8,10,16H,4-5,9,11-15,17-19H2. The number of carbonyl (C=O) groups is 2. The second-order valence-electron chi connectivity index (χ2n) is 8.17. The Morgan fingerprint density at radius 3 is 2.52 bits per heavy atom. The third-order valence-corrected chi connectivity index (χ3v) is 5.88. The predicted molar refractivity (Wildman–Crippen MR) is 118 cm³/mol. The number of hydrogen-bond donors (Lipinski definition) is 0. The van der Waals surface area contributed by atoms with E-state index in [4.69, 9.17) is 9.47 Å². The Morgan fingerprint density at radius 2 is 1.71 bits per heavy atom. The average Bonchev–Trinajstić information content (AvgIpc) is 3.25. The highest BCUT2D eigenvalue weighted by Crippen LogP contribution is 2.25. The van der Waals surface area contributed by atoms with Gasteiger partial charge in [0.05, 0.1) is 13.2 Å². The number of hydrogen-bond acceptors (Lipinski definition) is 4. The number of nitrogens with zero attached hydrogens (tertiary/aromatic N) is 2. The molecule has 2 amide bonds. The third kappa shape index (κ3) is 5.85. The van der Waals surface area contributed by atoms with E-state index in [-0.39, 0.29) is 18.4 Å². The SMILES string of the molecule is O=C(CCc1ccc2c(c1)CN(C(=O)COCc1ccccc1)CCO2)N1CCCC1. The fraction of sp³-hybridized carbons (Fsp3) is 0.440. The van der Waals surface area contributed by atoms with E-state index in [9.17, 15) is 9.59 Å². The summed E-state index contributed by atoms with van der Waals surface area (Å²) in [4.78, 5) is 28.8. The van der Waals surface area contributed by atoms with Crippen molar-refractivity contribution in [2.75, 3.05) is 32.8 Å². The van der Waals surface area contributed by atoms with Crippen LogP contribution in [0, 0.1) is 0 Å². The van der Waals surface area contributed by atoms with E-state index in [0.717, 1.165) is 48.4 Å². The highest BCUT2D eigenvalue weighted by Gasteiger charge is 2.21. The van der Waals surface area contributed by atoms with E-state index in [0.29, 0.717) is 39.1 Å². The molecule has 0 bridgehead atoms. The van der Waals surface area contributed by atoms with E-state index >= 15 is 0 Å². The molecule has 0 radical (unpaired) electrons. The summed E-state index contributed by atoms with van der Waals surface area (Å²) < 4.78 is 11.5. The maximum atomic E-state index is 12.7. The second-order valence-corrected chi connectivity index (χ2v) is 8.17. The Labute approximate surface area is 183 Å². The van der Waals surface area contributed by atoms with Gasteiger partial charge in [-0.3, -0.25) is 9.59 Å². The zero-order valence-electron chi connectivity index (χ0n) is 17.9. The molecule has 2 heterocycles. The van der Waals surface area contributed by atoms with Crippen molar-refractivity contribution in [3.63, 3.8) is 0 Å². The van der Waals surface area contributed by atoms with Crippen LogP contribution in [-0.4, -0.2) is 54.5 Å². The van der Waals surface area contributed by atoms with E-state index in [1.54, 1.807) is 4.90 Å². The average molecular weight is 423 g/mol. The first-order valence-electron chi connectivity index (χ1n) is 11.1. The minimum Gasteiger partial charge on any atom is -0.491 e. The Hall–Kier alpha value is -2.86. The topological polar surface area (TPSA) is 59.1 Å². The molecule has 0 saturated carbocycles. The molecule has 0 aliphatic carbocycles. The molecular weight excluding hydrogens is 392 g/mol. The van der Waals surface area contributed by atoms with Gasteiger partial charge in [-0.2, -0.15) is 0 Å². The zero-order valence-corrected chi connectivity index (χ0v) is 17.9. The Morgan fingerprint density at radius 1 is 0.903 bits per heavy atom. The molecule has 2 aromatic carbocycles. The van der Waals surface area contributed by atoms with Gasteiger partial charge in [-0.15, -0.1) is 0 Å². The number of carbonyl (C=O) groups excluding carboxylic acids is 2.